The SMILES string of the molecule is COc1cc2ncnc(Cl)c2cc1O.Cl. The Bertz CT molecular complexity index is 491. The fraction of sp³-hybridized carbons (Fsp3) is 0.111. The average Bonchev–Trinajstić information content (AvgIpc) is 2.19. The number of halogens is 2. The molecule has 4 nitrogen and oxygen atoms in total. The van der Waals surface area contributed by atoms with Crippen LogP contribution in [0.3, 0.4) is 0 Å². The molecule has 1 aromatic heterocycles. The Hall–Kier alpha value is -1.26. The molecule has 2 aromatic rings. The molecule has 80 valence electrons. The highest BCUT2D eigenvalue weighted by atomic mass is 35.5. The first-order chi connectivity index (χ1) is 6.72. The third-order valence-corrected chi connectivity index (χ3v) is 2.19. The number of benzene rings is 1. The Balaban J connectivity index is 0.00000112. The summed E-state index contributed by atoms with van der Waals surface area (Å²) in [5, 5.41) is 10.4. The molecule has 0 unspecified atom stereocenters. The van der Waals surface area contributed by atoms with Gasteiger partial charge in [0.2, 0.25) is 0 Å². The van der Waals surface area contributed by atoms with Crippen molar-refractivity contribution in [2.45, 2.75) is 0 Å². The fourth-order valence-electron chi connectivity index (χ4n) is 1.20. The van der Waals surface area contributed by atoms with Crippen LogP contribution in [0.1, 0.15) is 0 Å². The summed E-state index contributed by atoms with van der Waals surface area (Å²) in [6.45, 7) is 0. The molecule has 6 heteroatoms. The largest absolute Gasteiger partial charge is 0.504 e. The number of ether oxygens (including phenoxy) is 1. The second-order valence-electron chi connectivity index (χ2n) is 2.71. The van der Waals surface area contributed by atoms with Gasteiger partial charge in [0.05, 0.1) is 12.6 Å². The van der Waals surface area contributed by atoms with Crippen molar-refractivity contribution in [3.63, 3.8) is 0 Å². The van der Waals surface area contributed by atoms with Crippen LogP contribution in [0.2, 0.25) is 5.15 Å². The van der Waals surface area contributed by atoms with Gasteiger partial charge < -0.3 is 9.84 Å². The highest BCUT2D eigenvalue weighted by Crippen LogP contribution is 2.32. The van der Waals surface area contributed by atoms with E-state index in [9.17, 15) is 5.11 Å². The lowest BCUT2D eigenvalue weighted by atomic mass is 10.2. The maximum Gasteiger partial charge on any atom is 0.162 e. The van der Waals surface area contributed by atoms with Crippen molar-refractivity contribution in [1.29, 1.82) is 0 Å². The monoisotopic (exact) mass is 246 g/mol. The quantitative estimate of drug-likeness (QED) is 0.786. The minimum Gasteiger partial charge on any atom is -0.504 e. The lowest BCUT2D eigenvalue weighted by molar-refractivity contribution is 0.374. The van der Waals surface area contributed by atoms with E-state index < -0.39 is 0 Å². The molecule has 0 bridgehead atoms. The van der Waals surface area contributed by atoms with Crippen molar-refractivity contribution in [3.8, 4) is 11.5 Å². The van der Waals surface area contributed by atoms with E-state index in [1.807, 2.05) is 0 Å². The molecule has 0 atom stereocenters. The Labute approximate surface area is 97.3 Å². The van der Waals surface area contributed by atoms with Gasteiger partial charge in [0.15, 0.2) is 11.5 Å². The summed E-state index contributed by atoms with van der Waals surface area (Å²) in [6, 6.07) is 3.09. The van der Waals surface area contributed by atoms with Gasteiger partial charge in [-0.3, -0.25) is 0 Å². The maximum atomic E-state index is 9.49. The van der Waals surface area contributed by atoms with Crippen LogP contribution in [0.15, 0.2) is 18.5 Å². The lowest BCUT2D eigenvalue weighted by Crippen LogP contribution is -1.87. The molecule has 0 spiro atoms. The van der Waals surface area contributed by atoms with E-state index in [0.717, 1.165) is 0 Å². The van der Waals surface area contributed by atoms with Crippen LogP contribution in [0.5, 0.6) is 11.5 Å². The molecular formula is C9H8Cl2N2O2. The minimum absolute atomic E-state index is 0. The van der Waals surface area contributed by atoms with Gasteiger partial charge in [0, 0.05) is 11.5 Å². The second-order valence-corrected chi connectivity index (χ2v) is 3.06. The van der Waals surface area contributed by atoms with Crippen molar-refractivity contribution >= 4 is 34.9 Å². The summed E-state index contributed by atoms with van der Waals surface area (Å²) in [6.07, 6.45) is 1.36. The zero-order chi connectivity index (χ0) is 10.1. The summed E-state index contributed by atoms with van der Waals surface area (Å²) < 4.78 is 4.94. The van der Waals surface area contributed by atoms with Gasteiger partial charge in [0.1, 0.15) is 11.5 Å². The lowest BCUT2D eigenvalue weighted by Gasteiger charge is -2.04. The van der Waals surface area contributed by atoms with E-state index in [2.05, 4.69) is 9.97 Å². The first kappa shape index (κ1) is 11.8. The van der Waals surface area contributed by atoms with E-state index in [0.29, 0.717) is 21.8 Å². The second kappa shape index (κ2) is 4.51. The third kappa shape index (κ3) is 2.06. The van der Waals surface area contributed by atoms with E-state index in [-0.39, 0.29) is 18.2 Å². The summed E-state index contributed by atoms with van der Waals surface area (Å²) >= 11 is 5.82. The minimum atomic E-state index is 0. The molecule has 2 rings (SSSR count). The molecule has 1 N–H and O–H groups in total. The number of fused-ring (bicyclic) bond motifs is 1. The number of phenols is 1. The van der Waals surface area contributed by atoms with Crippen molar-refractivity contribution < 1.29 is 9.84 Å². The van der Waals surface area contributed by atoms with Gasteiger partial charge >= 0.3 is 0 Å². The molecule has 0 aliphatic carbocycles. The first-order valence-electron chi connectivity index (χ1n) is 3.89. The Morgan fingerprint density at radius 2 is 2.07 bits per heavy atom. The van der Waals surface area contributed by atoms with Crippen LogP contribution in [0, 0.1) is 0 Å². The van der Waals surface area contributed by atoms with Crippen LogP contribution >= 0.6 is 24.0 Å². The number of nitrogens with zero attached hydrogens (tertiary/aromatic N) is 2. The maximum absolute atomic E-state index is 9.49. The molecule has 0 saturated heterocycles. The Kier molecular flexibility index (Phi) is 3.55. The van der Waals surface area contributed by atoms with Gasteiger partial charge in [-0.25, -0.2) is 9.97 Å². The van der Waals surface area contributed by atoms with Crippen LogP contribution in [0.4, 0.5) is 0 Å². The van der Waals surface area contributed by atoms with Crippen LogP contribution < -0.4 is 4.74 Å². The number of rotatable bonds is 1. The molecule has 0 aliphatic rings. The topological polar surface area (TPSA) is 55.2 Å². The van der Waals surface area contributed by atoms with E-state index in [1.165, 1.54) is 19.5 Å². The van der Waals surface area contributed by atoms with Gasteiger partial charge in [0.25, 0.3) is 0 Å². The van der Waals surface area contributed by atoms with Gasteiger partial charge in [-0.05, 0) is 6.07 Å². The molecule has 0 amide bonds. The Morgan fingerprint density at radius 1 is 1.33 bits per heavy atom. The molecule has 1 aromatic carbocycles. The fourth-order valence-corrected chi connectivity index (χ4v) is 1.40. The Morgan fingerprint density at radius 3 is 2.73 bits per heavy atom. The summed E-state index contributed by atoms with van der Waals surface area (Å²) in [5.41, 5.74) is 0.639. The van der Waals surface area contributed by atoms with Crippen molar-refractivity contribution in [2.24, 2.45) is 0 Å². The van der Waals surface area contributed by atoms with Gasteiger partial charge in [-0.2, -0.15) is 0 Å². The zero-order valence-electron chi connectivity index (χ0n) is 7.77. The molecule has 0 saturated carbocycles. The van der Waals surface area contributed by atoms with E-state index in [1.54, 1.807) is 6.07 Å². The first-order valence-corrected chi connectivity index (χ1v) is 4.27. The number of phenolic OH excluding ortho intramolecular Hbond substituents is 1. The number of aromatic nitrogens is 2. The summed E-state index contributed by atoms with van der Waals surface area (Å²) in [5.74, 6) is 0.393. The van der Waals surface area contributed by atoms with Gasteiger partial charge in [-0.1, -0.05) is 11.6 Å². The number of methoxy groups -OCH3 is 1. The summed E-state index contributed by atoms with van der Waals surface area (Å²) in [4.78, 5) is 7.81. The molecule has 0 fully saturated rings. The predicted octanol–water partition coefficient (Wildman–Crippen LogP) is 2.42. The van der Waals surface area contributed by atoms with E-state index in [4.69, 9.17) is 16.3 Å². The number of aromatic hydroxyl groups is 1. The molecule has 0 aliphatic heterocycles. The summed E-state index contributed by atoms with van der Waals surface area (Å²) in [7, 11) is 1.48. The van der Waals surface area contributed by atoms with Crippen LogP contribution in [0.25, 0.3) is 10.9 Å². The van der Waals surface area contributed by atoms with Crippen molar-refractivity contribution in [1.82, 2.24) is 9.97 Å². The normalized spacial score (nSPS) is 9.73. The van der Waals surface area contributed by atoms with E-state index >= 15 is 0 Å². The number of hydrogen-bond acceptors (Lipinski definition) is 4. The standard InChI is InChI=1S/C9H7ClN2O2.ClH/c1-14-8-3-6-5(2-7(8)13)9(10)12-4-11-6;/h2-4,13H,1H3;1H. The smallest absolute Gasteiger partial charge is 0.162 e. The molecular weight excluding hydrogens is 239 g/mol. The highest BCUT2D eigenvalue weighted by Gasteiger charge is 2.07. The molecule has 1 heterocycles. The molecule has 0 radical (unpaired) electrons. The van der Waals surface area contributed by atoms with Crippen molar-refractivity contribution in [2.75, 3.05) is 7.11 Å². The van der Waals surface area contributed by atoms with Gasteiger partial charge in [-0.15, -0.1) is 12.4 Å². The predicted molar refractivity (Wildman–Crippen MR) is 60.0 cm³/mol. The number of hydrogen-bond donors (Lipinski definition) is 1. The average molecular weight is 247 g/mol. The van der Waals surface area contributed by atoms with Crippen LogP contribution in [-0.4, -0.2) is 22.2 Å². The zero-order valence-corrected chi connectivity index (χ0v) is 9.34. The van der Waals surface area contributed by atoms with Crippen molar-refractivity contribution in [3.05, 3.63) is 23.6 Å². The van der Waals surface area contributed by atoms with Crippen LogP contribution in [-0.2, 0) is 0 Å². The molecule has 15 heavy (non-hydrogen) atoms. The third-order valence-electron chi connectivity index (χ3n) is 1.89. The highest BCUT2D eigenvalue weighted by molar-refractivity contribution is 6.34.